The first kappa shape index (κ1) is 27.3. The molecule has 0 aromatic rings. The second kappa shape index (κ2) is 15.0. The highest BCUT2D eigenvalue weighted by Crippen LogP contribution is 2.31. The van der Waals surface area contributed by atoms with Crippen molar-refractivity contribution in [1.82, 2.24) is 10.2 Å². The number of nitrogens with zero attached hydrogens (tertiary/aromatic N) is 5. The molecule has 2 fully saturated rings. The lowest BCUT2D eigenvalue weighted by Gasteiger charge is -2.39. The van der Waals surface area contributed by atoms with Gasteiger partial charge in [-0.05, 0) is 51.4 Å². The quantitative estimate of drug-likeness (QED) is 0.236. The first-order valence-electron chi connectivity index (χ1n) is 12.3. The van der Waals surface area contributed by atoms with Crippen LogP contribution in [0, 0.1) is 0 Å². The van der Waals surface area contributed by atoms with E-state index in [1.807, 2.05) is 0 Å². The Morgan fingerprint density at radius 2 is 1.59 bits per heavy atom. The van der Waals surface area contributed by atoms with Gasteiger partial charge < -0.3 is 5.32 Å². The Balaban J connectivity index is 2.24. The molecule has 2 aliphatic rings. The van der Waals surface area contributed by atoms with Crippen molar-refractivity contribution in [2.24, 2.45) is 15.0 Å². The number of hydrogen-bond acceptors (Lipinski definition) is 8. The first-order chi connectivity index (χ1) is 16.6. The van der Waals surface area contributed by atoms with Gasteiger partial charge in [0.1, 0.15) is 6.17 Å². The molecule has 0 saturated carbocycles. The Hall–Kier alpha value is -2.96. The van der Waals surface area contributed by atoms with Crippen molar-refractivity contribution in [2.45, 2.75) is 89.4 Å². The molecule has 3 unspecified atom stereocenters. The van der Waals surface area contributed by atoms with Crippen LogP contribution in [0.2, 0.25) is 0 Å². The largest absolute Gasteiger partial charge is 0.431 e. The highest BCUT2D eigenvalue weighted by Gasteiger charge is 2.55. The smallest absolute Gasteiger partial charge is 0.305 e. The summed E-state index contributed by atoms with van der Waals surface area (Å²) in [7, 11) is 0. The van der Waals surface area contributed by atoms with Gasteiger partial charge in [-0.3, -0.25) is 4.90 Å². The van der Waals surface area contributed by atoms with E-state index in [2.05, 4.69) is 20.3 Å². The summed E-state index contributed by atoms with van der Waals surface area (Å²) < 4.78 is -0.631. The van der Waals surface area contributed by atoms with Gasteiger partial charge in [-0.2, -0.15) is 4.99 Å². The number of urea groups is 2. The molecular weight excluding hydrogens is 440 g/mol. The number of carbonyl (C=O) groups is 2. The third-order valence-electron chi connectivity index (χ3n) is 6.59. The summed E-state index contributed by atoms with van der Waals surface area (Å²) in [5.41, 5.74) is 0. The number of isocyanates is 3. The number of likely N-dealkylation sites (tertiary alicyclic amines) is 2. The van der Waals surface area contributed by atoms with Gasteiger partial charge in [0.05, 0.1) is 13.1 Å². The van der Waals surface area contributed by atoms with Crippen molar-refractivity contribution in [3.05, 3.63) is 0 Å². The van der Waals surface area contributed by atoms with E-state index in [1.165, 1.54) is 11.0 Å². The molecule has 3 atom stereocenters. The lowest BCUT2D eigenvalue weighted by Crippen LogP contribution is -2.69. The predicted molar refractivity (Wildman–Crippen MR) is 123 cm³/mol. The third-order valence-corrected chi connectivity index (χ3v) is 6.59. The van der Waals surface area contributed by atoms with E-state index in [4.69, 9.17) is 0 Å². The Kier molecular flexibility index (Phi) is 12.1. The average molecular weight is 476 g/mol. The van der Waals surface area contributed by atoms with Crippen LogP contribution >= 0.6 is 0 Å². The van der Waals surface area contributed by atoms with Gasteiger partial charge in [-0.25, -0.2) is 29.0 Å². The molecule has 34 heavy (non-hydrogen) atoms. The molecule has 2 aliphatic heterocycles. The fourth-order valence-corrected chi connectivity index (χ4v) is 4.79. The Morgan fingerprint density at radius 1 is 0.853 bits per heavy atom. The van der Waals surface area contributed by atoms with E-state index >= 15 is 0 Å². The lowest BCUT2D eigenvalue weighted by molar-refractivity contribution is -0.799. The minimum Gasteiger partial charge on any atom is -0.305 e. The van der Waals surface area contributed by atoms with Crippen molar-refractivity contribution in [1.29, 1.82) is 0 Å². The molecule has 11 nitrogen and oxygen atoms in total. The van der Waals surface area contributed by atoms with Crippen LogP contribution in [0.5, 0.6) is 0 Å². The van der Waals surface area contributed by atoms with Gasteiger partial charge in [0.25, 0.3) is 0 Å². The Morgan fingerprint density at radius 3 is 2.35 bits per heavy atom. The minimum absolute atomic E-state index is 0.220. The van der Waals surface area contributed by atoms with E-state index in [9.17, 15) is 24.0 Å². The van der Waals surface area contributed by atoms with Crippen molar-refractivity contribution in [3.8, 4) is 0 Å². The maximum Gasteiger partial charge on any atom is 0.431 e. The molecule has 1 N–H and O–H groups in total. The number of unbranched alkanes of at least 4 members (excludes halogenated alkanes) is 3. The van der Waals surface area contributed by atoms with Crippen LogP contribution in [-0.2, 0) is 14.4 Å². The molecule has 2 saturated heterocycles. The number of quaternary nitrogens is 1. The van der Waals surface area contributed by atoms with Crippen LogP contribution in [0.4, 0.5) is 9.59 Å². The molecule has 0 spiro atoms. The van der Waals surface area contributed by atoms with E-state index in [0.717, 1.165) is 51.4 Å². The molecule has 0 bridgehead atoms. The summed E-state index contributed by atoms with van der Waals surface area (Å²) in [5, 5.41) is 2.90. The molecular formula is C23H35N6O5+. The third kappa shape index (κ3) is 7.27. The zero-order chi connectivity index (χ0) is 24.7. The summed E-state index contributed by atoms with van der Waals surface area (Å²) >= 11 is 0. The standard InChI is InChI=1S/C23H34N6O5/c30-17-24-13-7-1-2-8-14-25-22(33)29(16-10-4-6-12-21(29)27-19-32)23(34)28-15-9-3-5-11-20(28)26-18-31/h20-21H,1-16H2/p+1. The van der Waals surface area contributed by atoms with Crippen LogP contribution in [0.25, 0.3) is 0 Å². The summed E-state index contributed by atoms with van der Waals surface area (Å²) in [4.78, 5) is 72.9. The van der Waals surface area contributed by atoms with Crippen molar-refractivity contribution in [2.75, 3.05) is 26.2 Å². The van der Waals surface area contributed by atoms with Gasteiger partial charge in [-0.1, -0.05) is 19.3 Å². The van der Waals surface area contributed by atoms with Gasteiger partial charge >= 0.3 is 12.1 Å². The zero-order valence-electron chi connectivity index (χ0n) is 19.7. The molecule has 0 radical (unpaired) electrons. The highest BCUT2D eigenvalue weighted by molar-refractivity contribution is 5.83. The second-order valence-corrected chi connectivity index (χ2v) is 8.79. The monoisotopic (exact) mass is 475 g/mol. The second-order valence-electron chi connectivity index (χ2n) is 8.79. The van der Waals surface area contributed by atoms with Gasteiger partial charge in [0.15, 0.2) is 0 Å². The van der Waals surface area contributed by atoms with E-state index in [0.29, 0.717) is 45.3 Å². The zero-order valence-corrected chi connectivity index (χ0v) is 19.7. The van der Waals surface area contributed by atoms with Crippen LogP contribution in [0.15, 0.2) is 15.0 Å². The molecule has 0 aromatic carbocycles. The minimum atomic E-state index is -0.863. The number of imide groups is 1. The molecule has 186 valence electrons. The van der Waals surface area contributed by atoms with Crippen LogP contribution in [-0.4, -0.2) is 78.2 Å². The Bertz CT molecular complexity index is 832. The fraction of sp³-hybridized carbons (Fsp3) is 0.783. The maximum atomic E-state index is 14.0. The normalized spacial score (nSPS) is 24.9. The molecule has 11 heteroatoms. The first-order valence-corrected chi connectivity index (χ1v) is 12.3. The SMILES string of the molecule is O=C=NCCCCCCNC(=O)[N+]1(C(=O)N2CCCCCC2N=C=O)CCCCCC1N=C=O. The van der Waals surface area contributed by atoms with E-state index < -0.39 is 28.9 Å². The topological polar surface area (TPSA) is 138 Å². The van der Waals surface area contributed by atoms with Crippen LogP contribution < -0.4 is 5.32 Å². The van der Waals surface area contributed by atoms with Crippen LogP contribution in [0.3, 0.4) is 0 Å². The fourth-order valence-electron chi connectivity index (χ4n) is 4.79. The summed E-state index contributed by atoms with van der Waals surface area (Å²) in [6.45, 7) is 1.41. The number of rotatable bonds is 9. The van der Waals surface area contributed by atoms with Crippen molar-refractivity contribution < 1.29 is 28.5 Å². The molecule has 0 aromatic heterocycles. The number of carbonyl (C=O) groups excluding carboxylic acids is 5. The Labute approximate surface area is 200 Å². The lowest BCUT2D eigenvalue weighted by atomic mass is 10.2. The van der Waals surface area contributed by atoms with Crippen LogP contribution in [0.1, 0.15) is 77.0 Å². The average Bonchev–Trinajstić information content (AvgIpc) is 3.20. The predicted octanol–water partition coefficient (Wildman–Crippen LogP) is 3.30. The number of nitrogens with one attached hydrogen (secondary N) is 1. The molecule has 0 aliphatic carbocycles. The summed E-state index contributed by atoms with van der Waals surface area (Å²) in [6.07, 6.45) is 11.9. The van der Waals surface area contributed by atoms with Gasteiger partial charge in [0.2, 0.25) is 24.4 Å². The molecule has 4 amide bonds. The summed E-state index contributed by atoms with van der Waals surface area (Å²) in [5.74, 6) is 0. The summed E-state index contributed by atoms with van der Waals surface area (Å²) in [6, 6.07) is -0.958. The number of hydrogen-bond donors (Lipinski definition) is 1. The van der Waals surface area contributed by atoms with Crippen molar-refractivity contribution >= 4 is 30.3 Å². The number of amides is 4. The van der Waals surface area contributed by atoms with Crippen molar-refractivity contribution in [3.63, 3.8) is 0 Å². The van der Waals surface area contributed by atoms with E-state index in [1.54, 1.807) is 12.2 Å². The highest BCUT2D eigenvalue weighted by atomic mass is 16.2. The molecule has 2 heterocycles. The molecule has 2 rings (SSSR count). The maximum absolute atomic E-state index is 14.0. The number of aliphatic imine (C=N–C) groups is 3. The van der Waals surface area contributed by atoms with Gasteiger partial charge in [-0.15, -0.1) is 9.48 Å². The van der Waals surface area contributed by atoms with Gasteiger partial charge in [0, 0.05) is 19.5 Å². The van der Waals surface area contributed by atoms with E-state index in [-0.39, 0.29) is 6.54 Å².